The highest BCUT2D eigenvalue weighted by Crippen LogP contribution is 2.28. The predicted octanol–water partition coefficient (Wildman–Crippen LogP) is 7.14. The van der Waals surface area contributed by atoms with Crippen LogP contribution in [0.4, 0.5) is 5.69 Å². The summed E-state index contributed by atoms with van der Waals surface area (Å²) in [6.45, 7) is 4.12. The van der Waals surface area contributed by atoms with Crippen LogP contribution in [-0.2, 0) is 0 Å². The summed E-state index contributed by atoms with van der Waals surface area (Å²) in [6.07, 6.45) is 0. The molecule has 1 N–H and O–H groups in total. The monoisotopic (exact) mass is 486 g/mol. The van der Waals surface area contributed by atoms with E-state index < -0.39 is 5.63 Å². The average molecular weight is 487 g/mol. The van der Waals surface area contributed by atoms with Crippen molar-refractivity contribution in [3.05, 3.63) is 118 Å². The zero-order valence-corrected chi connectivity index (χ0v) is 20.2. The van der Waals surface area contributed by atoms with Gasteiger partial charge >= 0.3 is 5.63 Å². The van der Waals surface area contributed by atoms with Gasteiger partial charge in [0.05, 0.1) is 5.56 Å². The van der Waals surface area contributed by atoms with Crippen molar-refractivity contribution in [3.8, 4) is 22.6 Å². The largest absolute Gasteiger partial charge is 0.436 e. The Bertz CT molecular complexity index is 1860. The van der Waals surface area contributed by atoms with E-state index in [9.17, 15) is 9.59 Å². The van der Waals surface area contributed by atoms with E-state index in [2.05, 4.69) is 24.1 Å². The number of hydrogen-bond acceptors (Lipinski definition) is 5. The number of aromatic nitrogens is 1. The number of oxazole rings is 1. The first kappa shape index (κ1) is 22.5. The van der Waals surface area contributed by atoms with Gasteiger partial charge in [-0.25, -0.2) is 9.78 Å². The number of aryl methyl sites for hydroxylation is 2. The third kappa shape index (κ3) is 4.29. The molecule has 1 amide bonds. The van der Waals surface area contributed by atoms with Gasteiger partial charge in [0.2, 0.25) is 5.89 Å². The standard InChI is InChI=1S/C31H22N2O4/c1-18-7-8-23(15-19(18)2)30-33-26-17-24(13-14-28(26)36-30)32-29(34)21-11-9-20(10-12-21)25-16-22-5-3-4-6-27(22)37-31(25)35/h3-17H,1-2H3,(H,32,34). The van der Waals surface area contributed by atoms with Gasteiger partial charge in [-0.15, -0.1) is 0 Å². The Balaban J connectivity index is 1.22. The van der Waals surface area contributed by atoms with E-state index in [1.807, 2.05) is 36.4 Å². The number of benzene rings is 4. The zero-order valence-electron chi connectivity index (χ0n) is 20.2. The van der Waals surface area contributed by atoms with Crippen molar-refractivity contribution in [2.24, 2.45) is 0 Å². The van der Waals surface area contributed by atoms with Gasteiger partial charge in [0, 0.05) is 22.2 Å². The van der Waals surface area contributed by atoms with Crippen molar-refractivity contribution in [3.63, 3.8) is 0 Å². The van der Waals surface area contributed by atoms with Gasteiger partial charge in [-0.05, 0) is 85.1 Å². The van der Waals surface area contributed by atoms with Crippen LogP contribution in [0.1, 0.15) is 21.5 Å². The Labute approximate surface area is 212 Å². The van der Waals surface area contributed by atoms with Gasteiger partial charge in [0.15, 0.2) is 5.58 Å². The van der Waals surface area contributed by atoms with E-state index in [0.29, 0.717) is 45.0 Å². The molecular weight excluding hydrogens is 464 g/mol. The SMILES string of the molecule is Cc1ccc(-c2nc3cc(NC(=O)c4ccc(-c5cc6ccccc6oc5=O)cc4)ccc3o2)cc1C. The molecular formula is C31H22N2O4. The Kier molecular flexibility index (Phi) is 5.42. The van der Waals surface area contributed by atoms with E-state index in [1.54, 1.807) is 54.6 Å². The third-order valence-corrected chi connectivity index (χ3v) is 6.50. The van der Waals surface area contributed by atoms with Crippen LogP contribution in [0.15, 0.2) is 105 Å². The normalized spacial score (nSPS) is 11.2. The number of hydrogen-bond donors (Lipinski definition) is 1. The first-order valence-corrected chi connectivity index (χ1v) is 11.9. The van der Waals surface area contributed by atoms with Gasteiger partial charge < -0.3 is 14.2 Å². The topological polar surface area (TPSA) is 85.3 Å². The van der Waals surface area contributed by atoms with Gasteiger partial charge in [0.25, 0.3) is 5.91 Å². The maximum absolute atomic E-state index is 12.9. The fraction of sp³-hybridized carbons (Fsp3) is 0.0645. The highest BCUT2D eigenvalue weighted by molar-refractivity contribution is 6.05. The van der Waals surface area contributed by atoms with Crippen LogP contribution >= 0.6 is 0 Å². The molecule has 0 aliphatic heterocycles. The number of nitrogens with one attached hydrogen (secondary N) is 1. The summed E-state index contributed by atoms with van der Waals surface area (Å²) in [5.41, 5.74) is 6.90. The summed E-state index contributed by atoms with van der Waals surface area (Å²) in [4.78, 5) is 30.0. The second-order valence-corrected chi connectivity index (χ2v) is 9.02. The van der Waals surface area contributed by atoms with Gasteiger partial charge in [0.1, 0.15) is 11.1 Å². The maximum atomic E-state index is 12.9. The van der Waals surface area contributed by atoms with Gasteiger partial charge in [-0.3, -0.25) is 4.79 Å². The molecule has 0 radical (unpaired) electrons. The molecule has 0 saturated carbocycles. The molecule has 6 nitrogen and oxygen atoms in total. The lowest BCUT2D eigenvalue weighted by Crippen LogP contribution is -2.11. The first-order chi connectivity index (χ1) is 17.9. The van der Waals surface area contributed by atoms with Crippen LogP contribution in [0.5, 0.6) is 0 Å². The molecule has 0 aliphatic carbocycles. The summed E-state index contributed by atoms with van der Waals surface area (Å²) < 4.78 is 11.4. The molecule has 4 aromatic carbocycles. The third-order valence-electron chi connectivity index (χ3n) is 6.50. The fourth-order valence-corrected chi connectivity index (χ4v) is 4.27. The molecule has 6 rings (SSSR count). The van der Waals surface area contributed by atoms with Gasteiger partial charge in [-0.1, -0.05) is 36.4 Å². The van der Waals surface area contributed by atoms with E-state index in [1.165, 1.54) is 11.1 Å². The van der Waals surface area contributed by atoms with E-state index in [0.717, 1.165) is 10.9 Å². The molecule has 0 aliphatic rings. The van der Waals surface area contributed by atoms with Crippen LogP contribution in [-0.4, -0.2) is 10.9 Å². The molecule has 6 aromatic rings. The second kappa shape index (κ2) is 8.91. The molecule has 37 heavy (non-hydrogen) atoms. The molecule has 0 unspecified atom stereocenters. The lowest BCUT2D eigenvalue weighted by molar-refractivity contribution is 0.102. The van der Waals surface area contributed by atoms with Crippen molar-refractivity contribution in [2.45, 2.75) is 13.8 Å². The molecule has 0 atom stereocenters. The number of amides is 1. The predicted molar refractivity (Wildman–Crippen MR) is 145 cm³/mol. The minimum Gasteiger partial charge on any atom is -0.436 e. The number of rotatable bonds is 4. The second-order valence-electron chi connectivity index (χ2n) is 9.02. The van der Waals surface area contributed by atoms with Crippen molar-refractivity contribution in [1.29, 1.82) is 0 Å². The highest BCUT2D eigenvalue weighted by Gasteiger charge is 2.13. The minimum atomic E-state index is -0.419. The molecule has 0 bridgehead atoms. The maximum Gasteiger partial charge on any atom is 0.344 e. The van der Waals surface area contributed by atoms with Crippen molar-refractivity contribution < 1.29 is 13.6 Å². The zero-order chi connectivity index (χ0) is 25.5. The average Bonchev–Trinajstić information content (AvgIpc) is 3.33. The number of carbonyl (C=O) groups is 1. The minimum absolute atomic E-state index is 0.269. The molecule has 2 aromatic heterocycles. The summed E-state index contributed by atoms with van der Waals surface area (Å²) in [5, 5.41) is 3.75. The molecule has 0 fully saturated rings. The summed E-state index contributed by atoms with van der Waals surface area (Å²) in [5.74, 6) is 0.268. The van der Waals surface area contributed by atoms with E-state index in [4.69, 9.17) is 8.83 Å². The van der Waals surface area contributed by atoms with E-state index in [-0.39, 0.29) is 5.91 Å². The molecule has 180 valence electrons. The fourth-order valence-electron chi connectivity index (χ4n) is 4.27. The van der Waals surface area contributed by atoms with E-state index >= 15 is 0 Å². The van der Waals surface area contributed by atoms with Crippen LogP contribution in [0.2, 0.25) is 0 Å². The Morgan fingerprint density at radius 1 is 0.757 bits per heavy atom. The number of nitrogens with zero attached hydrogens (tertiary/aromatic N) is 1. The first-order valence-electron chi connectivity index (χ1n) is 11.9. The lowest BCUT2D eigenvalue weighted by Gasteiger charge is -2.07. The Morgan fingerprint density at radius 3 is 2.35 bits per heavy atom. The highest BCUT2D eigenvalue weighted by atomic mass is 16.4. The molecule has 0 spiro atoms. The number of fused-ring (bicyclic) bond motifs is 2. The Hall–Kier alpha value is -4.97. The number of carbonyl (C=O) groups excluding carboxylic acids is 1. The van der Waals surface area contributed by atoms with Crippen molar-refractivity contribution >= 4 is 33.7 Å². The number of para-hydroxylation sites is 1. The summed E-state index contributed by atoms with van der Waals surface area (Å²) in [6, 6.07) is 27.5. The molecule has 0 saturated heterocycles. The summed E-state index contributed by atoms with van der Waals surface area (Å²) >= 11 is 0. The van der Waals surface area contributed by atoms with Crippen molar-refractivity contribution in [1.82, 2.24) is 4.98 Å². The van der Waals surface area contributed by atoms with Crippen LogP contribution in [0.25, 0.3) is 44.7 Å². The van der Waals surface area contributed by atoms with Crippen LogP contribution < -0.4 is 10.9 Å². The summed E-state index contributed by atoms with van der Waals surface area (Å²) in [7, 11) is 0. The van der Waals surface area contributed by atoms with Crippen molar-refractivity contribution in [2.75, 3.05) is 5.32 Å². The van der Waals surface area contributed by atoms with Crippen LogP contribution in [0.3, 0.4) is 0 Å². The number of anilines is 1. The Morgan fingerprint density at radius 2 is 1.54 bits per heavy atom. The molecule has 6 heteroatoms. The smallest absolute Gasteiger partial charge is 0.344 e. The molecule has 2 heterocycles. The van der Waals surface area contributed by atoms with Crippen LogP contribution in [0, 0.1) is 13.8 Å². The lowest BCUT2D eigenvalue weighted by atomic mass is 10.0. The quantitative estimate of drug-likeness (QED) is 0.268. The van der Waals surface area contributed by atoms with Gasteiger partial charge in [-0.2, -0.15) is 0 Å².